The van der Waals surface area contributed by atoms with E-state index >= 15 is 0 Å². The quantitative estimate of drug-likeness (QED) is 0.612. The summed E-state index contributed by atoms with van der Waals surface area (Å²) in [5.74, 6) is 0.0549. The fourth-order valence-corrected chi connectivity index (χ4v) is 5.37. The van der Waals surface area contributed by atoms with Crippen molar-refractivity contribution in [3.05, 3.63) is 70.9 Å². The molecular formula is C24H29N3O3S. The van der Waals surface area contributed by atoms with E-state index in [-0.39, 0.29) is 11.7 Å². The highest BCUT2D eigenvalue weighted by Gasteiger charge is 2.28. The van der Waals surface area contributed by atoms with Crippen LogP contribution in [0.3, 0.4) is 0 Å². The molecule has 6 nitrogen and oxygen atoms in total. The van der Waals surface area contributed by atoms with Crippen LogP contribution in [0.1, 0.15) is 34.1 Å². The maximum atomic E-state index is 13.1. The summed E-state index contributed by atoms with van der Waals surface area (Å²) >= 11 is 0. The van der Waals surface area contributed by atoms with Gasteiger partial charge >= 0.3 is 0 Å². The number of aromatic nitrogens is 1. The lowest BCUT2D eigenvalue weighted by molar-refractivity contribution is 0.0698. The van der Waals surface area contributed by atoms with E-state index in [1.54, 1.807) is 11.8 Å². The van der Waals surface area contributed by atoms with Crippen molar-refractivity contribution in [2.24, 2.45) is 0 Å². The zero-order valence-corrected chi connectivity index (χ0v) is 19.2. The molecule has 31 heavy (non-hydrogen) atoms. The summed E-state index contributed by atoms with van der Waals surface area (Å²) in [4.78, 5) is 14.9. The number of piperazine rings is 1. The Morgan fingerprint density at radius 1 is 0.968 bits per heavy atom. The van der Waals surface area contributed by atoms with Crippen LogP contribution in [-0.4, -0.2) is 60.0 Å². The van der Waals surface area contributed by atoms with E-state index in [9.17, 15) is 13.2 Å². The minimum Gasteiger partial charge on any atom is -0.340 e. The van der Waals surface area contributed by atoms with Gasteiger partial charge in [-0.25, -0.2) is 8.42 Å². The van der Waals surface area contributed by atoms with E-state index in [1.165, 1.54) is 21.1 Å². The molecule has 7 heteroatoms. The van der Waals surface area contributed by atoms with Crippen LogP contribution in [0.5, 0.6) is 0 Å². The van der Waals surface area contributed by atoms with Crippen LogP contribution in [0.25, 0.3) is 10.9 Å². The lowest BCUT2D eigenvalue weighted by atomic mass is 10.1. The molecule has 1 amide bonds. The van der Waals surface area contributed by atoms with E-state index in [2.05, 4.69) is 30.5 Å². The topological polar surface area (TPSA) is 62.6 Å². The predicted molar refractivity (Wildman–Crippen MR) is 124 cm³/mol. The van der Waals surface area contributed by atoms with Crippen molar-refractivity contribution in [2.45, 2.75) is 27.3 Å². The lowest BCUT2D eigenvalue weighted by Crippen LogP contribution is -2.50. The molecule has 2 heterocycles. The van der Waals surface area contributed by atoms with Crippen molar-refractivity contribution in [3.8, 4) is 0 Å². The van der Waals surface area contributed by atoms with Crippen molar-refractivity contribution in [1.82, 2.24) is 13.8 Å². The van der Waals surface area contributed by atoms with Crippen LogP contribution in [0.2, 0.25) is 0 Å². The number of rotatable bonds is 5. The average Bonchev–Trinajstić information content (AvgIpc) is 3.03. The maximum Gasteiger partial charge on any atom is 0.253 e. The Kier molecular flexibility index (Phi) is 5.90. The minimum absolute atomic E-state index is 0.0386. The van der Waals surface area contributed by atoms with Crippen LogP contribution in [-0.2, 0) is 16.6 Å². The van der Waals surface area contributed by atoms with Crippen LogP contribution in [0, 0.1) is 13.8 Å². The Hall–Kier alpha value is -2.64. The van der Waals surface area contributed by atoms with E-state index in [1.807, 2.05) is 36.4 Å². The molecule has 0 bridgehead atoms. The first-order chi connectivity index (χ1) is 14.8. The Morgan fingerprint density at radius 3 is 2.29 bits per heavy atom. The summed E-state index contributed by atoms with van der Waals surface area (Å²) in [6, 6.07) is 16.3. The molecular weight excluding hydrogens is 410 g/mol. The van der Waals surface area contributed by atoms with Crippen molar-refractivity contribution >= 4 is 26.8 Å². The van der Waals surface area contributed by atoms with E-state index < -0.39 is 10.0 Å². The van der Waals surface area contributed by atoms with Crippen LogP contribution in [0.15, 0.2) is 48.5 Å². The highest BCUT2D eigenvalue weighted by atomic mass is 32.2. The van der Waals surface area contributed by atoms with Gasteiger partial charge in [0.25, 0.3) is 5.91 Å². The summed E-state index contributed by atoms with van der Waals surface area (Å²) in [7, 11) is -3.20. The molecule has 164 valence electrons. The largest absolute Gasteiger partial charge is 0.340 e. The van der Waals surface area contributed by atoms with Gasteiger partial charge in [0.15, 0.2) is 0 Å². The smallest absolute Gasteiger partial charge is 0.253 e. The number of hydrogen-bond donors (Lipinski definition) is 0. The second-order valence-corrected chi connectivity index (χ2v) is 10.4. The molecule has 0 N–H and O–H groups in total. The van der Waals surface area contributed by atoms with Crippen LogP contribution < -0.4 is 0 Å². The fourth-order valence-electron chi connectivity index (χ4n) is 4.29. The SMILES string of the molecule is CCS(=O)(=O)N1CCN(C(=O)c2ccc3c(c2)c(C)c(C)n3Cc2ccccc2)CC1. The summed E-state index contributed by atoms with van der Waals surface area (Å²) < 4.78 is 27.9. The molecule has 0 saturated carbocycles. The van der Waals surface area contributed by atoms with Gasteiger partial charge in [0.05, 0.1) is 5.75 Å². The van der Waals surface area contributed by atoms with Gasteiger partial charge in [0.2, 0.25) is 10.0 Å². The van der Waals surface area contributed by atoms with Gasteiger partial charge in [0, 0.05) is 54.9 Å². The Labute approximate surface area is 184 Å². The van der Waals surface area contributed by atoms with Crippen LogP contribution >= 0.6 is 0 Å². The van der Waals surface area contributed by atoms with E-state index in [0.29, 0.717) is 31.7 Å². The van der Waals surface area contributed by atoms with Gasteiger partial charge in [-0.2, -0.15) is 4.31 Å². The fraction of sp³-hybridized carbons (Fsp3) is 0.375. The standard InChI is InChI=1S/C24H29N3O3S/c1-4-31(29,30)26-14-12-25(13-15-26)24(28)21-10-11-23-22(16-21)18(2)19(3)27(23)17-20-8-6-5-7-9-20/h5-11,16H,4,12-15,17H2,1-3H3. The number of carbonyl (C=O) groups is 1. The number of benzene rings is 2. The normalized spacial score (nSPS) is 15.5. The second kappa shape index (κ2) is 8.48. The molecule has 1 aliphatic heterocycles. The number of hydrogen-bond acceptors (Lipinski definition) is 3. The molecule has 4 rings (SSSR count). The average molecular weight is 440 g/mol. The number of carbonyl (C=O) groups excluding carboxylic acids is 1. The first kappa shape index (κ1) is 21.6. The zero-order valence-electron chi connectivity index (χ0n) is 18.3. The zero-order chi connectivity index (χ0) is 22.2. The summed E-state index contributed by atoms with van der Waals surface area (Å²) in [6.07, 6.45) is 0. The molecule has 1 fully saturated rings. The Balaban J connectivity index is 1.57. The van der Waals surface area contributed by atoms with Crippen LogP contribution in [0.4, 0.5) is 0 Å². The van der Waals surface area contributed by atoms with Crippen molar-refractivity contribution in [3.63, 3.8) is 0 Å². The van der Waals surface area contributed by atoms with E-state index in [4.69, 9.17) is 0 Å². The van der Waals surface area contributed by atoms with Gasteiger partial charge in [-0.15, -0.1) is 0 Å². The highest BCUT2D eigenvalue weighted by Crippen LogP contribution is 2.28. The monoisotopic (exact) mass is 439 g/mol. The maximum absolute atomic E-state index is 13.1. The number of amides is 1. The molecule has 0 radical (unpaired) electrons. The highest BCUT2D eigenvalue weighted by molar-refractivity contribution is 7.89. The number of nitrogens with zero attached hydrogens (tertiary/aromatic N) is 3. The number of sulfonamides is 1. The number of fused-ring (bicyclic) bond motifs is 1. The molecule has 1 aliphatic rings. The third-order valence-corrected chi connectivity index (χ3v) is 8.23. The second-order valence-electron chi connectivity index (χ2n) is 8.11. The summed E-state index contributed by atoms with van der Waals surface area (Å²) in [6.45, 7) is 8.21. The van der Waals surface area contributed by atoms with Crippen molar-refractivity contribution in [2.75, 3.05) is 31.9 Å². The minimum atomic E-state index is -3.20. The molecule has 0 unspecified atom stereocenters. The third-order valence-electron chi connectivity index (χ3n) is 6.35. The Morgan fingerprint density at radius 2 is 1.65 bits per heavy atom. The molecule has 1 aromatic heterocycles. The van der Waals surface area contributed by atoms with Gasteiger partial charge in [-0.05, 0) is 50.1 Å². The van der Waals surface area contributed by atoms with Gasteiger partial charge in [0.1, 0.15) is 0 Å². The van der Waals surface area contributed by atoms with Gasteiger partial charge < -0.3 is 9.47 Å². The first-order valence-electron chi connectivity index (χ1n) is 10.7. The molecule has 0 atom stereocenters. The lowest BCUT2D eigenvalue weighted by Gasteiger charge is -2.33. The summed E-state index contributed by atoms with van der Waals surface area (Å²) in [5.41, 5.74) is 5.39. The molecule has 0 aliphatic carbocycles. The molecule has 2 aromatic carbocycles. The third kappa shape index (κ3) is 4.12. The van der Waals surface area contributed by atoms with Gasteiger partial charge in [-0.1, -0.05) is 30.3 Å². The molecule has 3 aromatic rings. The predicted octanol–water partition coefficient (Wildman–Crippen LogP) is 3.41. The van der Waals surface area contributed by atoms with Crippen molar-refractivity contribution < 1.29 is 13.2 Å². The molecule has 1 saturated heterocycles. The molecule has 0 spiro atoms. The van der Waals surface area contributed by atoms with Gasteiger partial charge in [-0.3, -0.25) is 4.79 Å². The first-order valence-corrected chi connectivity index (χ1v) is 12.3. The number of aryl methyl sites for hydroxylation is 1. The van der Waals surface area contributed by atoms with Crippen molar-refractivity contribution in [1.29, 1.82) is 0 Å². The van der Waals surface area contributed by atoms with E-state index in [0.717, 1.165) is 17.4 Å². The summed E-state index contributed by atoms with van der Waals surface area (Å²) in [5, 5.41) is 1.09. The Bertz CT molecular complexity index is 1210.